The Morgan fingerprint density at radius 2 is 1.81 bits per heavy atom. The number of benzene rings is 2. The van der Waals surface area contributed by atoms with Gasteiger partial charge in [0.2, 0.25) is 0 Å². The highest BCUT2D eigenvalue weighted by atomic mass is 19.1. The van der Waals surface area contributed by atoms with Crippen LogP contribution in [0.3, 0.4) is 0 Å². The van der Waals surface area contributed by atoms with E-state index >= 15 is 0 Å². The lowest BCUT2D eigenvalue weighted by Crippen LogP contribution is -2.26. The minimum absolute atomic E-state index is 0.164. The Balaban J connectivity index is 1.69. The lowest BCUT2D eigenvalue weighted by Gasteiger charge is -2.13. The van der Waals surface area contributed by atoms with Crippen LogP contribution >= 0.6 is 0 Å². The molecule has 5 nitrogen and oxygen atoms in total. The fourth-order valence-corrected chi connectivity index (χ4v) is 3.02. The molecule has 1 amide bonds. The number of amides is 1. The predicted molar refractivity (Wildman–Crippen MR) is 101 cm³/mol. The van der Waals surface area contributed by atoms with E-state index in [0.717, 1.165) is 5.56 Å². The molecule has 0 fully saturated rings. The van der Waals surface area contributed by atoms with Crippen LogP contribution in [-0.4, -0.2) is 20.5 Å². The van der Waals surface area contributed by atoms with Crippen LogP contribution in [0.4, 0.5) is 4.39 Å². The first-order chi connectivity index (χ1) is 13.1. The summed E-state index contributed by atoms with van der Waals surface area (Å²) in [5, 5.41) is 7.22. The topological polar surface area (TPSA) is 59.3 Å². The summed E-state index contributed by atoms with van der Waals surface area (Å²) >= 11 is 0. The normalized spacial score (nSPS) is 12.1. The summed E-state index contributed by atoms with van der Waals surface area (Å²) in [4.78, 5) is 17.0. The van der Waals surface area contributed by atoms with Crippen molar-refractivity contribution in [2.75, 3.05) is 0 Å². The van der Waals surface area contributed by atoms with Gasteiger partial charge in [0.1, 0.15) is 11.4 Å². The van der Waals surface area contributed by atoms with Gasteiger partial charge in [0, 0.05) is 11.8 Å². The number of halogens is 1. The number of rotatable bonds is 4. The van der Waals surface area contributed by atoms with E-state index in [1.165, 1.54) is 16.8 Å². The van der Waals surface area contributed by atoms with E-state index in [0.29, 0.717) is 22.5 Å². The molecule has 0 aliphatic carbocycles. The SMILES string of the molecule is C[C@@H](NC(=O)c1cnn2c(-c3ccccc3F)ccnc12)c1ccccc1. The molecule has 6 heteroatoms. The average Bonchev–Trinajstić information content (AvgIpc) is 3.13. The largest absolute Gasteiger partial charge is 0.345 e. The maximum Gasteiger partial charge on any atom is 0.257 e. The molecule has 2 heterocycles. The van der Waals surface area contributed by atoms with Gasteiger partial charge in [0.15, 0.2) is 5.65 Å². The molecule has 134 valence electrons. The molecule has 4 rings (SSSR count). The monoisotopic (exact) mass is 360 g/mol. The number of hydrogen-bond acceptors (Lipinski definition) is 3. The summed E-state index contributed by atoms with van der Waals surface area (Å²) in [6.45, 7) is 1.91. The smallest absolute Gasteiger partial charge is 0.257 e. The van der Waals surface area contributed by atoms with Gasteiger partial charge < -0.3 is 5.32 Å². The third-order valence-corrected chi connectivity index (χ3v) is 4.44. The van der Waals surface area contributed by atoms with E-state index in [2.05, 4.69) is 15.4 Å². The molecule has 0 spiro atoms. The van der Waals surface area contributed by atoms with Gasteiger partial charge in [-0.3, -0.25) is 4.79 Å². The lowest BCUT2D eigenvalue weighted by atomic mass is 10.1. The Hall–Kier alpha value is -3.54. The van der Waals surface area contributed by atoms with Crippen molar-refractivity contribution < 1.29 is 9.18 Å². The molecular weight excluding hydrogens is 343 g/mol. The Morgan fingerprint density at radius 1 is 1.07 bits per heavy atom. The van der Waals surface area contributed by atoms with Crippen molar-refractivity contribution in [2.45, 2.75) is 13.0 Å². The van der Waals surface area contributed by atoms with Gasteiger partial charge in [-0.25, -0.2) is 13.9 Å². The number of nitrogens with one attached hydrogen (secondary N) is 1. The van der Waals surface area contributed by atoms with E-state index in [1.54, 1.807) is 30.5 Å². The zero-order chi connectivity index (χ0) is 18.8. The highest BCUT2D eigenvalue weighted by Gasteiger charge is 2.19. The van der Waals surface area contributed by atoms with Gasteiger partial charge in [0.05, 0.1) is 17.9 Å². The van der Waals surface area contributed by atoms with Gasteiger partial charge >= 0.3 is 0 Å². The second-order valence-electron chi connectivity index (χ2n) is 6.21. The highest BCUT2D eigenvalue weighted by molar-refractivity contribution is 6.00. The minimum atomic E-state index is -0.357. The van der Waals surface area contributed by atoms with Crippen LogP contribution in [0.1, 0.15) is 28.9 Å². The number of carbonyl (C=O) groups excluding carboxylic acids is 1. The van der Waals surface area contributed by atoms with Crippen molar-refractivity contribution in [2.24, 2.45) is 0 Å². The van der Waals surface area contributed by atoms with E-state index in [4.69, 9.17) is 0 Å². The van der Waals surface area contributed by atoms with Gasteiger partial charge in [-0.05, 0) is 30.7 Å². The molecule has 0 saturated carbocycles. The summed E-state index contributed by atoms with van der Waals surface area (Å²) in [5.41, 5.74) is 2.66. The Morgan fingerprint density at radius 3 is 2.59 bits per heavy atom. The Bertz CT molecular complexity index is 1110. The summed E-state index contributed by atoms with van der Waals surface area (Å²) in [5.74, 6) is -0.635. The van der Waals surface area contributed by atoms with Crippen LogP contribution in [0.2, 0.25) is 0 Å². The van der Waals surface area contributed by atoms with E-state index in [1.807, 2.05) is 37.3 Å². The van der Waals surface area contributed by atoms with Gasteiger partial charge in [0.25, 0.3) is 5.91 Å². The molecule has 1 atom stereocenters. The van der Waals surface area contributed by atoms with Crippen molar-refractivity contribution in [1.82, 2.24) is 19.9 Å². The summed E-state index contributed by atoms with van der Waals surface area (Å²) in [6.07, 6.45) is 3.01. The predicted octanol–water partition coefficient (Wildman–Crippen LogP) is 4.03. The third-order valence-electron chi connectivity index (χ3n) is 4.44. The van der Waals surface area contributed by atoms with E-state index in [9.17, 15) is 9.18 Å². The summed E-state index contributed by atoms with van der Waals surface area (Å²) < 4.78 is 15.7. The minimum Gasteiger partial charge on any atom is -0.345 e. The maximum atomic E-state index is 14.2. The van der Waals surface area contributed by atoms with Crippen LogP contribution in [0.15, 0.2) is 73.1 Å². The third kappa shape index (κ3) is 3.17. The van der Waals surface area contributed by atoms with Crippen LogP contribution < -0.4 is 5.32 Å². The Labute approximate surface area is 155 Å². The molecule has 0 bridgehead atoms. The first-order valence-electron chi connectivity index (χ1n) is 8.58. The molecule has 1 N–H and O–H groups in total. The molecule has 0 radical (unpaired) electrons. The van der Waals surface area contributed by atoms with Crippen molar-refractivity contribution in [3.8, 4) is 11.3 Å². The summed E-state index contributed by atoms with van der Waals surface area (Å²) in [7, 11) is 0. The second kappa shape index (κ2) is 6.99. The molecule has 4 aromatic rings. The molecule has 2 aromatic carbocycles. The van der Waals surface area contributed by atoms with Crippen molar-refractivity contribution in [3.05, 3.63) is 90.0 Å². The first-order valence-corrected chi connectivity index (χ1v) is 8.58. The highest BCUT2D eigenvalue weighted by Crippen LogP contribution is 2.24. The quantitative estimate of drug-likeness (QED) is 0.598. The number of hydrogen-bond donors (Lipinski definition) is 1. The zero-order valence-corrected chi connectivity index (χ0v) is 14.6. The molecular formula is C21H17FN4O. The lowest BCUT2D eigenvalue weighted by molar-refractivity contribution is 0.0941. The molecule has 27 heavy (non-hydrogen) atoms. The number of fused-ring (bicyclic) bond motifs is 1. The zero-order valence-electron chi connectivity index (χ0n) is 14.6. The molecule has 0 unspecified atom stereocenters. The van der Waals surface area contributed by atoms with Gasteiger partial charge in [-0.15, -0.1) is 0 Å². The molecule has 2 aromatic heterocycles. The molecule has 0 aliphatic rings. The van der Waals surface area contributed by atoms with Gasteiger partial charge in [-0.2, -0.15) is 5.10 Å². The fraction of sp³-hybridized carbons (Fsp3) is 0.0952. The number of aromatic nitrogens is 3. The van der Waals surface area contributed by atoms with Crippen LogP contribution in [0, 0.1) is 5.82 Å². The Kier molecular flexibility index (Phi) is 4.38. The maximum absolute atomic E-state index is 14.2. The standard InChI is InChI=1S/C21H17FN4O/c1-14(15-7-3-2-4-8-15)25-21(27)17-13-24-26-19(11-12-23-20(17)26)16-9-5-6-10-18(16)22/h2-14H,1H3,(H,25,27)/t14-/m1/s1. The van der Waals surface area contributed by atoms with Crippen LogP contribution in [0.25, 0.3) is 16.9 Å². The van der Waals surface area contributed by atoms with E-state index < -0.39 is 0 Å². The van der Waals surface area contributed by atoms with Crippen molar-refractivity contribution in [1.29, 1.82) is 0 Å². The summed E-state index contributed by atoms with van der Waals surface area (Å²) in [6, 6.07) is 17.6. The first kappa shape index (κ1) is 16.9. The van der Waals surface area contributed by atoms with Crippen molar-refractivity contribution >= 4 is 11.6 Å². The number of carbonyl (C=O) groups is 1. The average molecular weight is 360 g/mol. The fourth-order valence-electron chi connectivity index (χ4n) is 3.02. The van der Waals surface area contributed by atoms with Gasteiger partial charge in [-0.1, -0.05) is 42.5 Å². The second-order valence-corrected chi connectivity index (χ2v) is 6.21. The molecule has 0 saturated heterocycles. The number of nitrogens with zero attached hydrogens (tertiary/aromatic N) is 3. The van der Waals surface area contributed by atoms with Crippen LogP contribution in [0.5, 0.6) is 0 Å². The van der Waals surface area contributed by atoms with Crippen LogP contribution in [-0.2, 0) is 0 Å². The van der Waals surface area contributed by atoms with E-state index in [-0.39, 0.29) is 17.8 Å². The molecule has 0 aliphatic heterocycles. The van der Waals surface area contributed by atoms with Crippen molar-refractivity contribution in [3.63, 3.8) is 0 Å².